The predicted octanol–water partition coefficient (Wildman–Crippen LogP) is 5.01. The Morgan fingerprint density at radius 1 is 1.08 bits per heavy atom. The molecule has 128 valence electrons. The van der Waals surface area contributed by atoms with Gasteiger partial charge in [-0.05, 0) is 55.9 Å². The number of anilines is 2. The van der Waals surface area contributed by atoms with Crippen LogP contribution in [-0.2, 0) is 6.54 Å². The largest absolute Gasteiger partial charge is 0.332 e. The number of para-hydroxylation sites is 1. The number of rotatable bonds is 4. The van der Waals surface area contributed by atoms with Gasteiger partial charge in [0.05, 0.1) is 23.6 Å². The number of nitrogens with one attached hydrogen (secondary N) is 2. The zero-order chi connectivity index (χ0) is 17.8. The molecule has 0 bridgehead atoms. The summed E-state index contributed by atoms with van der Waals surface area (Å²) in [6.45, 7) is 4.65. The fraction of sp³-hybridized carbons (Fsp3) is 0.158. The summed E-state index contributed by atoms with van der Waals surface area (Å²) in [6.07, 6.45) is 0. The van der Waals surface area contributed by atoms with E-state index in [1.807, 2.05) is 73.1 Å². The number of aryl methyl sites for hydroxylation is 1. The van der Waals surface area contributed by atoms with Crippen LogP contribution in [0, 0.1) is 13.8 Å². The van der Waals surface area contributed by atoms with Gasteiger partial charge in [-0.1, -0.05) is 41.9 Å². The molecule has 0 atom stereocenters. The molecule has 0 aliphatic carbocycles. The van der Waals surface area contributed by atoms with Crippen LogP contribution in [0.2, 0.25) is 5.02 Å². The zero-order valence-corrected chi connectivity index (χ0v) is 15.7. The minimum Gasteiger partial charge on any atom is -0.332 e. The van der Waals surface area contributed by atoms with Gasteiger partial charge in [0.25, 0.3) is 0 Å². The molecule has 2 N–H and O–H groups in total. The van der Waals surface area contributed by atoms with Crippen molar-refractivity contribution >= 4 is 40.3 Å². The van der Waals surface area contributed by atoms with Gasteiger partial charge in [0.1, 0.15) is 0 Å². The molecule has 0 saturated heterocycles. The third kappa shape index (κ3) is 4.38. The maximum atomic E-state index is 6.07. The molecule has 1 aromatic heterocycles. The Balaban J connectivity index is 1.74. The standard InChI is InChI=1S/C19H19ClN4S/c1-13-18(22-19(25)21-17-9-4-3-5-10-17)14(2)24(23-13)12-15-7-6-8-16(20)11-15/h3-11H,12H2,1-2H3,(H2,21,22,25). The van der Waals surface area contributed by atoms with Crippen molar-refractivity contribution in [3.63, 3.8) is 0 Å². The van der Waals surface area contributed by atoms with Crippen LogP contribution in [-0.4, -0.2) is 14.9 Å². The molecule has 0 spiro atoms. The lowest BCUT2D eigenvalue weighted by Gasteiger charge is -2.11. The SMILES string of the molecule is Cc1nn(Cc2cccc(Cl)c2)c(C)c1NC(=S)Nc1ccccc1. The Bertz CT molecular complexity index is 890. The molecular formula is C19H19ClN4S. The van der Waals surface area contributed by atoms with Crippen LogP contribution in [0.3, 0.4) is 0 Å². The highest BCUT2D eigenvalue weighted by Gasteiger charge is 2.13. The van der Waals surface area contributed by atoms with Crippen molar-refractivity contribution in [2.24, 2.45) is 0 Å². The van der Waals surface area contributed by atoms with Crippen molar-refractivity contribution < 1.29 is 0 Å². The maximum absolute atomic E-state index is 6.07. The summed E-state index contributed by atoms with van der Waals surface area (Å²) in [5.41, 5.74) is 4.90. The third-order valence-electron chi connectivity index (χ3n) is 3.87. The lowest BCUT2D eigenvalue weighted by molar-refractivity contribution is 0.659. The average Bonchev–Trinajstić information content (AvgIpc) is 2.83. The minimum absolute atomic E-state index is 0.541. The van der Waals surface area contributed by atoms with Crippen LogP contribution >= 0.6 is 23.8 Å². The fourth-order valence-corrected chi connectivity index (χ4v) is 3.07. The van der Waals surface area contributed by atoms with E-state index in [4.69, 9.17) is 23.8 Å². The van der Waals surface area contributed by atoms with Crippen molar-refractivity contribution in [2.75, 3.05) is 10.6 Å². The Morgan fingerprint density at radius 2 is 1.84 bits per heavy atom. The normalized spacial score (nSPS) is 10.5. The second-order valence-corrected chi connectivity index (χ2v) is 6.62. The molecule has 2 aromatic carbocycles. The smallest absolute Gasteiger partial charge is 0.175 e. The number of benzene rings is 2. The van der Waals surface area contributed by atoms with E-state index in [-0.39, 0.29) is 0 Å². The lowest BCUT2D eigenvalue weighted by atomic mass is 10.2. The van der Waals surface area contributed by atoms with Crippen molar-refractivity contribution in [1.29, 1.82) is 0 Å². The van der Waals surface area contributed by atoms with Gasteiger partial charge in [0, 0.05) is 10.7 Å². The molecule has 4 nitrogen and oxygen atoms in total. The first-order valence-corrected chi connectivity index (χ1v) is 8.73. The number of hydrogen-bond donors (Lipinski definition) is 2. The van der Waals surface area contributed by atoms with Gasteiger partial charge in [-0.25, -0.2) is 0 Å². The highest BCUT2D eigenvalue weighted by Crippen LogP contribution is 2.21. The van der Waals surface area contributed by atoms with E-state index in [1.165, 1.54) is 0 Å². The second-order valence-electron chi connectivity index (χ2n) is 5.78. The zero-order valence-electron chi connectivity index (χ0n) is 14.1. The molecular weight excluding hydrogens is 352 g/mol. The molecule has 1 heterocycles. The highest BCUT2D eigenvalue weighted by atomic mass is 35.5. The van der Waals surface area contributed by atoms with Crippen molar-refractivity contribution in [3.05, 3.63) is 76.6 Å². The first kappa shape index (κ1) is 17.5. The van der Waals surface area contributed by atoms with Gasteiger partial charge in [-0.15, -0.1) is 0 Å². The second kappa shape index (κ2) is 7.68. The molecule has 0 saturated carbocycles. The van der Waals surface area contributed by atoms with Crippen LogP contribution in [0.1, 0.15) is 17.0 Å². The van der Waals surface area contributed by atoms with Gasteiger partial charge >= 0.3 is 0 Å². The first-order chi connectivity index (χ1) is 12.0. The van der Waals surface area contributed by atoms with E-state index in [9.17, 15) is 0 Å². The van der Waals surface area contributed by atoms with E-state index >= 15 is 0 Å². The average molecular weight is 371 g/mol. The van der Waals surface area contributed by atoms with Crippen LogP contribution in [0.4, 0.5) is 11.4 Å². The van der Waals surface area contributed by atoms with E-state index in [2.05, 4.69) is 15.7 Å². The molecule has 3 aromatic rings. The summed E-state index contributed by atoms with van der Waals surface area (Å²) in [5.74, 6) is 0. The van der Waals surface area contributed by atoms with Crippen LogP contribution in [0.15, 0.2) is 54.6 Å². The summed E-state index contributed by atoms with van der Waals surface area (Å²) in [7, 11) is 0. The summed E-state index contributed by atoms with van der Waals surface area (Å²) >= 11 is 11.5. The monoisotopic (exact) mass is 370 g/mol. The molecule has 0 aliphatic heterocycles. The molecule has 0 radical (unpaired) electrons. The summed E-state index contributed by atoms with van der Waals surface area (Å²) in [5, 5.41) is 12.3. The Kier molecular flexibility index (Phi) is 5.36. The summed E-state index contributed by atoms with van der Waals surface area (Å²) < 4.78 is 1.95. The van der Waals surface area contributed by atoms with E-state index in [1.54, 1.807) is 0 Å². The van der Waals surface area contributed by atoms with Gasteiger partial charge in [-0.3, -0.25) is 4.68 Å². The van der Waals surface area contributed by atoms with Gasteiger partial charge < -0.3 is 10.6 Å². The van der Waals surface area contributed by atoms with E-state index in [0.717, 1.165) is 33.3 Å². The van der Waals surface area contributed by atoms with Crippen LogP contribution in [0.5, 0.6) is 0 Å². The van der Waals surface area contributed by atoms with Gasteiger partial charge in [0.15, 0.2) is 5.11 Å². The van der Waals surface area contributed by atoms with Crippen molar-refractivity contribution in [3.8, 4) is 0 Å². The van der Waals surface area contributed by atoms with E-state index in [0.29, 0.717) is 11.7 Å². The third-order valence-corrected chi connectivity index (χ3v) is 4.31. The van der Waals surface area contributed by atoms with Gasteiger partial charge in [-0.2, -0.15) is 5.10 Å². The lowest BCUT2D eigenvalue weighted by Crippen LogP contribution is -2.19. The van der Waals surface area contributed by atoms with Crippen LogP contribution < -0.4 is 10.6 Å². The Hall–Kier alpha value is -2.37. The fourth-order valence-electron chi connectivity index (χ4n) is 2.64. The molecule has 0 amide bonds. The molecule has 25 heavy (non-hydrogen) atoms. The maximum Gasteiger partial charge on any atom is 0.175 e. The number of halogens is 1. The Morgan fingerprint density at radius 3 is 2.56 bits per heavy atom. The Labute approximate surface area is 157 Å². The van der Waals surface area contributed by atoms with E-state index < -0.39 is 0 Å². The summed E-state index contributed by atoms with van der Waals surface area (Å²) in [6, 6.07) is 17.6. The van der Waals surface area contributed by atoms with Crippen LogP contribution in [0.25, 0.3) is 0 Å². The van der Waals surface area contributed by atoms with Gasteiger partial charge in [0.2, 0.25) is 0 Å². The first-order valence-electron chi connectivity index (χ1n) is 7.94. The summed E-state index contributed by atoms with van der Waals surface area (Å²) in [4.78, 5) is 0. The topological polar surface area (TPSA) is 41.9 Å². The number of aromatic nitrogens is 2. The molecule has 3 rings (SSSR count). The van der Waals surface area contributed by atoms with Crippen molar-refractivity contribution in [2.45, 2.75) is 20.4 Å². The molecule has 0 fully saturated rings. The quantitative estimate of drug-likeness (QED) is 0.633. The molecule has 0 unspecified atom stereocenters. The molecule has 0 aliphatic rings. The van der Waals surface area contributed by atoms with Crippen molar-refractivity contribution in [1.82, 2.24) is 9.78 Å². The number of thiocarbonyl (C=S) groups is 1. The number of hydrogen-bond acceptors (Lipinski definition) is 2. The predicted molar refractivity (Wildman–Crippen MR) is 109 cm³/mol. The molecule has 6 heteroatoms. The minimum atomic E-state index is 0.541. The number of nitrogens with zero attached hydrogens (tertiary/aromatic N) is 2. The highest BCUT2D eigenvalue weighted by molar-refractivity contribution is 7.80.